The number of anilines is 1. The van der Waals surface area contributed by atoms with Crippen LogP contribution in [0, 0.1) is 0 Å². The lowest BCUT2D eigenvalue weighted by atomic mass is 9.94. The molecular formula is C35H34N4. The van der Waals surface area contributed by atoms with E-state index in [0.717, 1.165) is 63.3 Å². The number of nitrogens with two attached hydrogens (primary N) is 1. The molecule has 1 heterocycles. The molecule has 0 spiro atoms. The molecule has 1 aliphatic rings. The quantitative estimate of drug-likeness (QED) is 0.256. The van der Waals surface area contributed by atoms with Crippen molar-refractivity contribution in [1.82, 2.24) is 15.3 Å². The fourth-order valence-electron chi connectivity index (χ4n) is 4.70. The van der Waals surface area contributed by atoms with Crippen molar-refractivity contribution in [2.45, 2.75) is 26.7 Å². The average molecular weight is 511 g/mol. The Hall–Kier alpha value is -4.70. The molecule has 4 aromatic rings. The predicted octanol–water partition coefficient (Wildman–Crippen LogP) is 8.32. The second kappa shape index (κ2) is 11.8. The highest BCUT2D eigenvalue weighted by molar-refractivity contribution is 5.83. The maximum absolute atomic E-state index is 6.18. The third-order valence-corrected chi connectivity index (χ3v) is 7.04. The molecule has 4 nitrogen and oxygen atoms in total. The Labute approximate surface area is 231 Å². The van der Waals surface area contributed by atoms with Crippen LogP contribution in [0.4, 0.5) is 5.69 Å². The molecule has 0 fully saturated rings. The topological polar surface area (TPSA) is 63.8 Å². The standard InChI is InChI=1S/C35H34N4/c1-4-24(2)33-23-34(26-11-6-5-7-12-26)39-35(38-33)30-20-28(25-13-9-17-32(37-3)18-10-14-25)19-29(21-30)27-15-8-16-31(36)22-27/h4-9,11-16,18-23,37H,10,17,36H2,1-3H3/b13-9?,24-4+,25-14?,32-18+. The molecule has 194 valence electrons. The van der Waals surface area contributed by atoms with Gasteiger partial charge in [0.2, 0.25) is 0 Å². The highest BCUT2D eigenvalue weighted by Gasteiger charge is 2.14. The molecular weight excluding hydrogens is 476 g/mol. The van der Waals surface area contributed by atoms with Crippen molar-refractivity contribution in [1.29, 1.82) is 0 Å². The summed E-state index contributed by atoms with van der Waals surface area (Å²) < 4.78 is 0. The van der Waals surface area contributed by atoms with Gasteiger partial charge in [0.15, 0.2) is 5.82 Å². The van der Waals surface area contributed by atoms with E-state index in [1.807, 2.05) is 50.4 Å². The average Bonchev–Trinajstić information content (AvgIpc) is 2.96. The highest BCUT2D eigenvalue weighted by atomic mass is 14.9. The summed E-state index contributed by atoms with van der Waals surface area (Å²) in [6.07, 6.45) is 12.8. The first kappa shape index (κ1) is 25.9. The van der Waals surface area contributed by atoms with Crippen LogP contribution in [0.3, 0.4) is 0 Å². The number of hydrogen-bond donors (Lipinski definition) is 2. The van der Waals surface area contributed by atoms with Gasteiger partial charge in [0.05, 0.1) is 11.4 Å². The minimum absolute atomic E-state index is 0.701. The number of nitrogens with zero attached hydrogens (tertiary/aromatic N) is 2. The number of nitrogens with one attached hydrogen (secondary N) is 1. The van der Waals surface area contributed by atoms with Crippen molar-refractivity contribution < 1.29 is 0 Å². The van der Waals surface area contributed by atoms with E-state index in [-0.39, 0.29) is 0 Å². The summed E-state index contributed by atoms with van der Waals surface area (Å²) >= 11 is 0. The molecule has 0 aliphatic heterocycles. The van der Waals surface area contributed by atoms with Gasteiger partial charge in [0.25, 0.3) is 0 Å². The van der Waals surface area contributed by atoms with Crippen LogP contribution in [0.2, 0.25) is 0 Å². The Morgan fingerprint density at radius 3 is 2.36 bits per heavy atom. The van der Waals surface area contributed by atoms with Crippen LogP contribution in [0.15, 0.2) is 115 Å². The van der Waals surface area contributed by atoms with Crippen molar-refractivity contribution in [3.63, 3.8) is 0 Å². The Morgan fingerprint density at radius 2 is 1.59 bits per heavy atom. The van der Waals surface area contributed by atoms with Gasteiger partial charge in [-0.1, -0.05) is 72.8 Å². The molecule has 3 aromatic carbocycles. The van der Waals surface area contributed by atoms with Gasteiger partial charge in [-0.2, -0.15) is 0 Å². The lowest BCUT2D eigenvalue weighted by Gasteiger charge is -2.14. The van der Waals surface area contributed by atoms with E-state index in [1.54, 1.807) is 0 Å². The molecule has 0 atom stereocenters. The van der Waals surface area contributed by atoms with Gasteiger partial charge in [-0.15, -0.1) is 0 Å². The Kier molecular flexibility index (Phi) is 7.83. The first-order valence-corrected chi connectivity index (χ1v) is 13.4. The molecule has 4 heteroatoms. The normalized spacial score (nSPS) is 15.1. The molecule has 0 unspecified atom stereocenters. The van der Waals surface area contributed by atoms with Crippen molar-refractivity contribution in [3.8, 4) is 33.8 Å². The van der Waals surface area contributed by atoms with Crippen LogP contribution in [0.1, 0.15) is 37.9 Å². The number of allylic oxidation sites excluding steroid dienone is 7. The van der Waals surface area contributed by atoms with Gasteiger partial charge in [-0.25, -0.2) is 9.97 Å². The van der Waals surface area contributed by atoms with Crippen molar-refractivity contribution in [3.05, 3.63) is 126 Å². The van der Waals surface area contributed by atoms with E-state index < -0.39 is 0 Å². The summed E-state index contributed by atoms with van der Waals surface area (Å²) in [6, 6.07) is 27.0. The zero-order valence-corrected chi connectivity index (χ0v) is 22.8. The van der Waals surface area contributed by atoms with E-state index in [9.17, 15) is 0 Å². The predicted molar refractivity (Wildman–Crippen MR) is 166 cm³/mol. The second-order valence-corrected chi connectivity index (χ2v) is 9.71. The number of aromatic nitrogens is 2. The number of rotatable bonds is 6. The fourth-order valence-corrected chi connectivity index (χ4v) is 4.70. The maximum atomic E-state index is 6.18. The van der Waals surface area contributed by atoms with E-state index in [1.165, 1.54) is 11.3 Å². The van der Waals surface area contributed by atoms with Gasteiger partial charge in [-0.3, -0.25) is 0 Å². The van der Waals surface area contributed by atoms with Crippen LogP contribution in [-0.2, 0) is 0 Å². The lowest BCUT2D eigenvalue weighted by Crippen LogP contribution is -2.05. The van der Waals surface area contributed by atoms with Crippen LogP contribution in [-0.4, -0.2) is 17.0 Å². The zero-order chi connectivity index (χ0) is 27.2. The second-order valence-electron chi connectivity index (χ2n) is 9.71. The van der Waals surface area contributed by atoms with Gasteiger partial charge in [0, 0.05) is 36.0 Å². The molecule has 0 amide bonds. The maximum Gasteiger partial charge on any atom is 0.160 e. The molecule has 39 heavy (non-hydrogen) atoms. The summed E-state index contributed by atoms with van der Waals surface area (Å²) in [5, 5.41) is 3.28. The summed E-state index contributed by atoms with van der Waals surface area (Å²) in [6.45, 7) is 4.13. The molecule has 1 aliphatic carbocycles. The largest absolute Gasteiger partial charge is 0.399 e. The Balaban J connectivity index is 1.71. The first-order chi connectivity index (χ1) is 19.0. The van der Waals surface area contributed by atoms with E-state index in [4.69, 9.17) is 15.7 Å². The third-order valence-electron chi connectivity index (χ3n) is 7.04. The molecule has 1 aromatic heterocycles. The minimum Gasteiger partial charge on any atom is -0.399 e. The fraction of sp³-hybridized carbons (Fsp3) is 0.143. The van der Waals surface area contributed by atoms with Crippen LogP contribution >= 0.6 is 0 Å². The zero-order valence-electron chi connectivity index (χ0n) is 22.8. The summed E-state index contributed by atoms with van der Waals surface area (Å²) in [5.41, 5.74) is 17.6. The number of benzene rings is 3. The molecule has 0 saturated carbocycles. The SMILES string of the molecule is C/C=C(\C)c1cc(-c2ccccc2)nc(-c2cc(C3=CC/C=C(/NC)CC=C3)cc(-c3cccc(N)c3)c2)n1. The van der Waals surface area contributed by atoms with E-state index >= 15 is 0 Å². The smallest absolute Gasteiger partial charge is 0.160 e. The van der Waals surface area contributed by atoms with Crippen molar-refractivity contribution in [2.24, 2.45) is 0 Å². The van der Waals surface area contributed by atoms with Crippen molar-refractivity contribution >= 4 is 16.8 Å². The van der Waals surface area contributed by atoms with Crippen molar-refractivity contribution in [2.75, 3.05) is 12.8 Å². The Morgan fingerprint density at radius 1 is 0.821 bits per heavy atom. The van der Waals surface area contributed by atoms with Gasteiger partial charge >= 0.3 is 0 Å². The van der Waals surface area contributed by atoms with Crippen LogP contribution in [0.5, 0.6) is 0 Å². The number of hydrogen-bond acceptors (Lipinski definition) is 4. The van der Waals surface area contributed by atoms with E-state index in [2.05, 4.69) is 85.1 Å². The molecule has 0 radical (unpaired) electrons. The molecule has 0 bridgehead atoms. The lowest BCUT2D eigenvalue weighted by molar-refractivity contribution is 0.925. The highest BCUT2D eigenvalue weighted by Crippen LogP contribution is 2.33. The van der Waals surface area contributed by atoms with E-state index in [0.29, 0.717) is 5.82 Å². The first-order valence-electron chi connectivity index (χ1n) is 13.4. The third kappa shape index (κ3) is 6.07. The molecule has 3 N–H and O–H groups in total. The minimum atomic E-state index is 0.701. The summed E-state index contributed by atoms with van der Waals surface area (Å²) in [4.78, 5) is 10.1. The monoisotopic (exact) mass is 510 g/mol. The summed E-state index contributed by atoms with van der Waals surface area (Å²) in [5.74, 6) is 0.701. The number of nitrogen functional groups attached to an aromatic ring is 1. The molecule has 5 rings (SSSR count). The van der Waals surface area contributed by atoms with Gasteiger partial charge < -0.3 is 11.1 Å². The summed E-state index contributed by atoms with van der Waals surface area (Å²) in [7, 11) is 1.97. The van der Waals surface area contributed by atoms with Crippen LogP contribution in [0.25, 0.3) is 44.9 Å². The molecule has 0 saturated heterocycles. The Bertz CT molecular complexity index is 1610. The van der Waals surface area contributed by atoms with Gasteiger partial charge in [0.1, 0.15) is 0 Å². The van der Waals surface area contributed by atoms with Gasteiger partial charge in [-0.05, 0) is 84.5 Å². The van der Waals surface area contributed by atoms with Crippen LogP contribution < -0.4 is 11.1 Å².